The average Bonchev–Trinajstić information content (AvgIpc) is 3.10. The topological polar surface area (TPSA) is 69.2 Å². The summed E-state index contributed by atoms with van der Waals surface area (Å²) in [4.78, 5) is 0. The standard InChI is InChI=1S/3C15H24O.Cr/c3*1-2-3-4-5-6-7-8-11-14-12-9-10-13-15(14)16;/h3*9-10,12-13,16H,2-8,11H2,1H3;/q;;;+3/p-3. The van der Waals surface area contributed by atoms with Gasteiger partial charge in [-0.1, -0.05) is 226 Å². The van der Waals surface area contributed by atoms with Gasteiger partial charge in [-0.2, -0.15) is 0 Å². The minimum Gasteiger partial charge on any atom is -0.872 e. The monoisotopic (exact) mass is 709 g/mol. The first-order valence-electron chi connectivity index (χ1n) is 19.8. The second-order valence-corrected chi connectivity index (χ2v) is 13.4. The Labute approximate surface area is 313 Å². The van der Waals surface area contributed by atoms with Crippen LogP contribution in [0.4, 0.5) is 0 Å². The van der Waals surface area contributed by atoms with Gasteiger partial charge in [-0.25, -0.2) is 0 Å². The van der Waals surface area contributed by atoms with E-state index in [2.05, 4.69) is 20.8 Å². The molecule has 0 spiro atoms. The molecule has 0 amide bonds. The molecule has 0 heterocycles. The molecule has 0 N–H and O–H groups in total. The first-order valence-corrected chi connectivity index (χ1v) is 19.8. The summed E-state index contributed by atoms with van der Waals surface area (Å²) in [6.07, 6.45) is 30.3. The van der Waals surface area contributed by atoms with Gasteiger partial charge in [-0.05, 0) is 38.5 Å². The first-order chi connectivity index (χ1) is 23.5. The third-order valence-corrected chi connectivity index (χ3v) is 9.07. The molecule has 1 radical (unpaired) electrons. The van der Waals surface area contributed by atoms with E-state index < -0.39 is 0 Å². The number of para-hydroxylation sites is 3. The summed E-state index contributed by atoms with van der Waals surface area (Å²) in [6, 6.07) is 22.2. The van der Waals surface area contributed by atoms with E-state index in [9.17, 15) is 15.3 Å². The summed E-state index contributed by atoms with van der Waals surface area (Å²) in [5.41, 5.74) is 2.95. The number of unbranched alkanes of at least 4 members (excludes halogenated alkanes) is 18. The van der Waals surface area contributed by atoms with Crippen LogP contribution < -0.4 is 15.3 Å². The Bertz CT molecular complexity index is 990. The van der Waals surface area contributed by atoms with E-state index >= 15 is 0 Å². The zero-order valence-corrected chi connectivity index (χ0v) is 32.8. The van der Waals surface area contributed by atoms with Crippen LogP contribution in [0.1, 0.15) is 172 Å². The van der Waals surface area contributed by atoms with Crippen molar-refractivity contribution in [3.63, 3.8) is 0 Å². The van der Waals surface area contributed by atoms with Crippen molar-refractivity contribution in [1.29, 1.82) is 0 Å². The van der Waals surface area contributed by atoms with Crippen LogP contribution in [0, 0.1) is 0 Å². The van der Waals surface area contributed by atoms with Gasteiger partial charge in [0.1, 0.15) is 0 Å². The SMILES string of the molecule is CCCCCCCCCc1ccccc1[O-].CCCCCCCCCc1ccccc1[O-].CCCCCCCCCc1ccccc1[O-].[Cr+3]. The van der Waals surface area contributed by atoms with Crippen molar-refractivity contribution in [1.82, 2.24) is 0 Å². The van der Waals surface area contributed by atoms with E-state index in [0.29, 0.717) is 0 Å². The molecule has 0 saturated carbocycles. The molecule has 0 aromatic heterocycles. The van der Waals surface area contributed by atoms with E-state index in [1.807, 2.05) is 54.6 Å². The molecule has 0 fully saturated rings. The minimum absolute atomic E-state index is 0. The van der Waals surface area contributed by atoms with Gasteiger partial charge in [0.25, 0.3) is 0 Å². The van der Waals surface area contributed by atoms with E-state index in [1.54, 1.807) is 18.2 Å². The van der Waals surface area contributed by atoms with Gasteiger partial charge in [-0.15, -0.1) is 17.2 Å². The van der Waals surface area contributed by atoms with Crippen molar-refractivity contribution in [3.8, 4) is 17.2 Å². The van der Waals surface area contributed by atoms with Crippen molar-refractivity contribution in [2.24, 2.45) is 0 Å². The van der Waals surface area contributed by atoms with Crippen LogP contribution in [0.15, 0.2) is 72.8 Å². The summed E-state index contributed by atoms with van der Waals surface area (Å²) in [7, 11) is 0. The van der Waals surface area contributed by atoms with Crippen molar-refractivity contribution >= 4 is 0 Å². The zero-order chi connectivity index (χ0) is 34.9. The molecule has 0 unspecified atom stereocenters. The molecule has 3 rings (SSSR count). The Morgan fingerprint density at radius 1 is 0.306 bits per heavy atom. The van der Waals surface area contributed by atoms with Gasteiger partial charge >= 0.3 is 17.4 Å². The van der Waals surface area contributed by atoms with Gasteiger partial charge in [0.2, 0.25) is 0 Å². The molecule has 0 saturated heterocycles. The molecule has 3 aromatic rings. The molecule has 0 aliphatic carbocycles. The maximum atomic E-state index is 11.4. The van der Waals surface area contributed by atoms with Crippen molar-refractivity contribution < 1.29 is 32.7 Å². The average molecular weight is 710 g/mol. The van der Waals surface area contributed by atoms with Gasteiger partial charge in [0.05, 0.1) is 0 Å². The summed E-state index contributed by atoms with van der Waals surface area (Å²) in [5.74, 6) is 0.607. The Kier molecular flexibility index (Phi) is 32.4. The minimum atomic E-state index is 0. The number of hydrogen-bond donors (Lipinski definition) is 0. The molecule has 3 aromatic carbocycles. The summed E-state index contributed by atoms with van der Waals surface area (Å²) in [6.45, 7) is 6.72. The van der Waals surface area contributed by atoms with Crippen LogP contribution in [0.5, 0.6) is 17.2 Å². The smallest absolute Gasteiger partial charge is 0.872 e. The molecule has 0 aliphatic rings. The predicted octanol–water partition coefficient (Wildman–Crippen LogP) is 12.2. The molecule has 0 aliphatic heterocycles. The van der Waals surface area contributed by atoms with Crippen molar-refractivity contribution in [3.05, 3.63) is 89.5 Å². The number of benzene rings is 3. The van der Waals surface area contributed by atoms with E-state index in [1.165, 1.54) is 116 Å². The van der Waals surface area contributed by atoms with Crippen LogP contribution in [-0.2, 0) is 36.6 Å². The van der Waals surface area contributed by atoms with Crippen LogP contribution in [0.2, 0.25) is 0 Å². The Morgan fingerprint density at radius 3 is 0.735 bits per heavy atom. The maximum Gasteiger partial charge on any atom is 3.00 e. The number of aryl methyl sites for hydroxylation is 3. The van der Waals surface area contributed by atoms with Crippen molar-refractivity contribution in [2.75, 3.05) is 0 Å². The third kappa shape index (κ3) is 26.1. The van der Waals surface area contributed by atoms with Gasteiger partial charge in [-0.3, -0.25) is 0 Å². The van der Waals surface area contributed by atoms with Crippen molar-refractivity contribution in [2.45, 2.75) is 175 Å². The first kappa shape index (κ1) is 46.6. The van der Waals surface area contributed by atoms with E-state index in [0.717, 1.165) is 55.2 Å². The molecule has 3 nitrogen and oxygen atoms in total. The number of rotatable bonds is 24. The fraction of sp³-hybridized carbons (Fsp3) is 0.600. The van der Waals surface area contributed by atoms with Gasteiger partial charge in [0.15, 0.2) is 0 Å². The Balaban J connectivity index is 0.000000698. The normalized spacial score (nSPS) is 10.3. The summed E-state index contributed by atoms with van der Waals surface area (Å²) in [5, 5.41) is 34.3. The Morgan fingerprint density at radius 2 is 0.510 bits per heavy atom. The van der Waals surface area contributed by atoms with E-state index in [4.69, 9.17) is 0 Å². The largest absolute Gasteiger partial charge is 3.00 e. The second-order valence-electron chi connectivity index (χ2n) is 13.4. The molecule has 0 bridgehead atoms. The van der Waals surface area contributed by atoms with Gasteiger partial charge in [0, 0.05) is 0 Å². The summed E-state index contributed by atoms with van der Waals surface area (Å²) < 4.78 is 0. The molecule has 4 heteroatoms. The van der Waals surface area contributed by atoms with Crippen LogP contribution in [-0.4, -0.2) is 0 Å². The number of hydrogen-bond acceptors (Lipinski definition) is 3. The van der Waals surface area contributed by atoms with E-state index in [-0.39, 0.29) is 34.6 Å². The van der Waals surface area contributed by atoms with Crippen LogP contribution >= 0.6 is 0 Å². The third-order valence-electron chi connectivity index (χ3n) is 9.07. The molecule has 0 atom stereocenters. The molecule has 273 valence electrons. The van der Waals surface area contributed by atoms with Crippen LogP contribution in [0.25, 0.3) is 0 Å². The predicted molar refractivity (Wildman–Crippen MR) is 203 cm³/mol. The van der Waals surface area contributed by atoms with Crippen LogP contribution in [0.3, 0.4) is 0 Å². The second kappa shape index (κ2) is 34.1. The fourth-order valence-electron chi connectivity index (χ4n) is 5.95. The maximum absolute atomic E-state index is 11.4. The zero-order valence-electron chi connectivity index (χ0n) is 31.5. The fourth-order valence-corrected chi connectivity index (χ4v) is 5.95. The molecule has 49 heavy (non-hydrogen) atoms. The summed E-state index contributed by atoms with van der Waals surface area (Å²) >= 11 is 0. The van der Waals surface area contributed by atoms with Gasteiger partial charge < -0.3 is 15.3 Å². The quantitative estimate of drug-likeness (QED) is 0.0869. The Hall–Kier alpha value is -2.41. The molecular formula is C45H69CrO3. The molecular weight excluding hydrogens is 640 g/mol.